The minimum absolute atomic E-state index is 0.0301. The van der Waals surface area contributed by atoms with Gasteiger partial charge in [-0.25, -0.2) is 0 Å². The Hall–Kier alpha value is -1.32. The van der Waals surface area contributed by atoms with E-state index in [-0.39, 0.29) is 5.91 Å². The van der Waals surface area contributed by atoms with Crippen LogP contribution in [0.25, 0.3) is 0 Å². The Morgan fingerprint density at radius 2 is 2.00 bits per heavy atom. The van der Waals surface area contributed by atoms with Gasteiger partial charge in [0.05, 0.1) is 11.8 Å². The number of hydrogen-bond donors (Lipinski definition) is 1. The highest BCUT2D eigenvalue weighted by Crippen LogP contribution is 2.18. The highest BCUT2D eigenvalue weighted by atomic mass is 16.1. The molecule has 1 heterocycles. The quantitative estimate of drug-likeness (QED) is 0.799. The van der Waals surface area contributed by atoms with Crippen molar-refractivity contribution in [3.63, 3.8) is 0 Å². The van der Waals surface area contributed by atoms with E-state index in [9.17, 15) is 4.79 Å². The van der Waals surface area contributed by atoms with Gasteiger partial charge < -0.3 is 5.32 Å². The summed E-state index contributed by atoms with van der Waals surface area (Å²) in [6.45, 7) is 1.93. The van der Waals surface area contributed by atoms with E-state index in [1.54, 1.807) is 10.9 Å². The van der Waals surface area contributed by atoms with Gasteiger partial charge in [-0.15, -0.1) is 0 Å². The Kier molecular flexibility index (Phi) is 3.82. The van der Waals surface area contributed by atoms with Crippen LogP contribution in [-0.2, 0) is 7.05 Å². The first kappa shape index (κ1) is 12.1. The molecule has 1 amide bonds. The molecule has 0 saturated heterocycles. The van der Waals surface area contributed by atoms with Crippen molar-refractivity contribution in [2.45, 2.75) is 51.5 Å². The number of hydrogen-bond acceptors (Lipinski definition) is 2. The molecule has 4 heteroatoms. The van der Waals surface area contributed by atoms with E-state index in [0.29, 0.717) is 11.6 Å². The van der Waals surface area contributed by atoms with E-state index >= 15 is 0 Å². The Balaban J connectivity index is 1.98. The van der Waals surface area contributed by atoms with Gasteiger partial charge in [0.1, 0.15) is 0 Å². The normalized spacial score (nSPS) is 17.8. The summed E-state index contributed by atoms with van der Waals surface area (Å²) in [6.07, 6.45) is 8.96. The van der Waals surface area contributed by atoms with Crippen molar-refractivity contribution in [2.24, 2.45) is 7.05 Å². The van der Waals surface area contributed by atoms with Gasteiger partial charge >= 0.3 is 0 Å². The number of nitrogens with zero attached hydrogens (tertiary/aromatic N) is 2. The van der Waals surface area contributed by atoms with E-state index in [4.69, 9.17) is 0 Å². The molecule has 0 aliphatic heterocycles. The number of aromatic nitrogens is 2. The third-order valence-corrected chi connectivity index (χ3v) is 3.67. The first-order valence-electron chi connectivity index (χ1n) is 6.48. The van der Waals surface area contributed by atoms with Crippen LogP contribution in [0.5, 0.6) is 0 Å². The minimum Gasteiger partial charge on any atom is -0.349 e. The SMILES string of the molecule is Cc1c(C(=O)NC2CCCCCC2)cnn1C. The minimum atomic E-state index is 0.0301. The summed E-state index contributed by atoms with van der Waals surface area (Å²) in [6, 6.07) is 0.351. The van der Waals surface area contributed by atoms with Gasteiger partial charge in [-0.1, -0.05) is 25.7 Å². The predicted octanol–water partition coefficient (Wildman–Crippen LogP) is 2.18. The van der Waals surface area contributed by atoms with Gasteiger partial charge in [-0.2, -0.15) is 5.10 Å². The number of aryl methyl sites for hydroxylation is 1. The maximum absolute atomic E-state index is 12.1. The maximum Gasteiger partial charge on any atom is 0.254 e. The molecule has 1 aliphatic rings. The summed E-state index contributed by atoms with van der Waals surface area (Å²) in [7, 11) is 1.86. The first-order valence-corrected chi connectivity index (χ1v) is 6.48. The van der Waals surface area contributed by atoms with Gasteiger partial charge in [0.2, 0.25) is 0 Å². The van der Waals surface area contributed by atoms with E-state index in [0.717, 1.165) is 18.5 Å². The van der Waals surface area contributed by atoms with E-state index < -0.39 is 0 Å². The highest BCUT2D eigenvalue weighted by molar-refractivity contribution is 5.95. The van der Waals surface area contributed by atoms with Crippen LogP contribution in [0.4, 0.5) is 0 Å². The van der Waals surface area contributed by atoms with Crippen molar-refractivity contribution in [3.8, 4) is 0 Å². The van der Waals surface area contributed by atoms with Crippen molar-refractivity contribution in [3.05, 3.63) is 17.5 Å². The summed E-state index contributed by atoms with van der Waals surface area (Å²) >= 11 is 0. The second-order valence-electron chi connectivity index (χ2n) is 4.93. The Labute approximate surface area is 102 Å². The Bertz CT molecular complexity index is 389. The molecule has 1 aromatic heterocycles. The molecule has 1 N–H and O–H groups in total. The second-order valence-corrected chi connectivity index (χ2v) is 4.93. The fourth-order valence-corrected chi connectivity index (χ4v) is 2.41. The number of carbonyl (C=O) groups is 1. The lowest BCUT2D eigenvalue weighted by Crippen LogP contribution is -2.34. The number of amides is 1. The molecule has 1 aromatic rings. The Morgan fingerprint density at radius 3 is 2.53 bits per heavy atom. The fourth-order valence-electron chi connectivity index (χ4n) is 2.41. The van der Waals surface area contributed by atoms with Crippen molar-refractivity contribution >= 4 is 5.91 Å². The summed E-state index contributed by atoms with van der Waals surface area (Å²) in [5.74, 6) is 0.0301. The highest BCUT2D eigenvalue weighted by Gasteiger charge is 2.18. The average molecular weight is 235 g/mol. The van der Waals surface area contributed by atoms with E-state index in [1.807, 2.05) is 14.0 Å². The van der Waals surface area contributed by atoms with Crippen molar-refractivity contribution in [1.29, 1.82) is 0 Å². The van der Waals surface area contributed by atoms with Gasteiger partial charge in [0.25, 0.3) is 5.91 Å². The van der Waals surface area contributed by atoms with Crippen LogP contribution < -0.4 is 5.32 Å². The molecule has 17 heavy (non-hydrogen) atoms. The maximum atomic E-state index is 12.1. The standard InChI is InChI=1S/C13H21N3O/c1-10-12(9-14-16(10)2)13(17)15-11-7-5-3-4-6-8-11/h9,11H,3-8H2,1-2H3,(H,15,17). The van der Waals surface area contributed by atoms with Crippen LogP contribution >= 0.6 is 0 Å². The molecule has 0 radical (unpaired) electrons. The lowest BCUT2D eigenvalue weighted by atomic mass is 10.1. The summed E-state index contributed by atoms with van der Waals surface area (Å²) in [5.41, 5.74) is 1.63. The summed E-state index contributed by atoms with van der Waals surface area (Å²) in [4.78, 5) is 12.1. The number of nitrogens with one attached hydrogen (secondary N) is 1. The first-order chi connectivity index (χ1) is 8.18. The lowest BCUT2D eigenvalue weighted by molar-refractivity contribution is 0.0932. The predicted molar refractivity (Wildman–Crippen MR) is 66.9 cm³/mol. The molecule has 0 unspecified atom stereocenters. The molecule has 2 rings (SSSR count). The lowest BCUT2D eigenvalue weighted by Gasteiger charge is -2.15. The van der Waals surface area contributed by atoms with Crippen LogP contribution in [0.2, 0.25) is 0 Å². The van der Waals surface area contributed by atoms with Gasteiger partial charge in [0.15, 0.2) is 0 Å². The zero-order chi connectivity index (χ0) is 12.3. The molecule has 0 spiro atoms. The molecule has 0 bridgehead atoms. The van der Waals surface area contributed by atoms with Crippen LogP contribution in [0.1, 0.15) is 54.6 Å². The van der Waals surface area contributed by atoms with Crippen molar-refractivity contribution in [1.82, 2.24) is 15.1 Å². The molecule has 1 aliphatic carbocycles. The Morgan fingerprint density at radius 1 is 1.35 bits per heavy atom. The molecule has 0 aromatic carbocycles. The second kappa shape index (κ2) is 5.34. The molecular formula is C13H21N3O. The van der Waals surface area contributed by atoms with Crippen molar-refractivity contribution < 1.29 is 4.79 Å². The molecule has 4 nitrogen and oxygen atoms in total. The fraction of sp³-hybridized carbons (Fsp3) is 0.692. The number of carbonyl (C=O) groups excluding carboxylic acids is 1. The van der Waals surface area contributed by atoms with Crippen molar-refractivity contribution in [2.75, 3.05) is 0 Å². The summed E-state index contributed by atoms with van der Waals surface area (Å²) in [5, 5.41) is 7.24. The van der Waals surface area contributed by atoms with Gasteiger partial charge in [-0.05, 0) is 19.8 Å². The van der Waals surface area contributed by atoms with E-state index in [1.165, 1.54) is 25.7 Å². The average Bonchev–Trinajstić information content (AvgIpc) is 2.55. The molecule has 1 saturated carbocycles. The largest absolute Gasteiger partial charge is 0.349 e. The topological polar surface area (TPSA) is 46.9 Å². The molecular weight excluding hydrogens is 214 g/mol. The van der Waals surface area contributed by atoms with Gasteiger partial charge in [0, 0.05) is 18.8 Å². The monoisotopic (exact) mass is 235 g/mol. The molecule has 94 valence electrons. The van der Waals surface area contributed by atoms with E-state index in [2.05, 4.69) is 10.4 Å². The third-order valence-electron chi connectivity index (χ3n) is 3.67. The van der Waals surface area contributed by atoms with Crippen LogP contribution in [0, 0.1) is 6.92 Å². The number of rotatable bonds is 2. The van der Waals surface area contributed by atoms with Gasteiger partial charge in [-0.3, -0.25) is 9.48 Å². The third kappa shape index (κ3) is 2.87. The smallest absolute Gasteiger partial charge is 0.254 e. The summed E-state index contributed by atoms with van der Waals surface area (Å²) < 4.78 is 1.74. The van der Waals surface area contributed by atoms with Crippen LogP contribution in [0.3, 0.4) is 0 Å². The zero-order valence-corrected chi connectivity index (χ0v) is 10.7. The van der Waals surface area contributed by atoms with Crippen LogP contribution in [-0.4, -0.2) is 21.7 Å². The molecule has 1 fully saturated rings. The van der Waals surface area contributed by atoms with Crippen LogP contribution in [0.15, 0.2) is 6.20 Å². The zero-order valence-electron chi connectivity index (χ0n) is 10.7. The molecule has 0 atom stereocenters.